The van der Waals surface area contributed by atoms with Crippen LogP contribution in [0.2, 0.25) is 0 Å². The Hall–Kier alpha value is -1.33. The number of pyridine rings is 1. The van der Waals surface area contributed by atoms with E-state index in [1.54, 1.807) is 13.1 Å². The van der Waals surface area contributed by atoms with Gasteiger partial charge >= 0.3 is 0 Å². The van der Waals surface area contributed by atoms with E-state index in [1.165, 1.54) is 0 Å². The Morgan fingerprint density at radius 2 is 2.39 bits per heavy atom. The highest BCUT2D eigenvalue weighted by molar-refractivity contribution is 5.85. The second-order valence-corrected chi connectivity index (χ2v) is 4.42. The smallest absolute Gasteiger partial charge is 0.236 e. The van der Waals surface area contributed by atoms with Crippen molar-refractivity contribution in [3.05, 3.63) is 24.4 Å². The predicted molar refractivity (Wildman–Crippen MR) is 73.9 cm³/mol. The Bertz CT molecular complexity index is 385. The number of rotatable bonds is 3. The number of hydrogen-bond acceptors (Lipinski definition) is 4. The third-order valence-corrected chi connectivity index (χ3v) is 2.92. The molecule has 100 valence electrons. The molecule has 1 amide bonds. The quantitative estimate of drug-likeness (QED) is 0.841. The third kappa shape index (κ3) is 3.58. The zero-order valence-electron chi connectivity index (χ0n) is 10.4. The second-order valence-electron chi connectivity index (χ2n) is 4.42. The van der Waals surface area contributed by atoms with Crippen LogP contribution in [-0.2, 0) is 4.79 Å². The molecule has 0 saturated carbocycles. The Kier molecular flexibility index (Phi) is 5.37. The SMILES string of the molecule is CC(N)C(=O)NC1CCN(c2ccccn2)C1.Cl. The molecule has 1 saturated heterocycles. The molecule has 2 atom stereocenters. The van der Waals surface area contributed by atoms with Crippen LogP contribution in [0.4, 0.5) is 5.82 Å². The lowest BCUT2D eigenvalue weighted by Gasteiger charge is -2.18. The van der Waals surface area contributed by atoms with Gasteiger partial charge in [0.25, 0.3) is 0 Å². The lowest BCUT2D eigenvalue weighted by molar-refractivity contribution is -0.122. The second kappa shape index (κ2) is 6.56. The van der Waals surface area contributed by atoms with Crippen molar-refractivity contribution in [3.8, 4) is 0 Å². The van der Waals surface area contributed by atoms with E-state index in [0.717, 1.165) is 25.3 Å². The van der Waals surface area contributed by atoms with Gasteiger partial charge in [0, 0.05) is 25.3 Å². The number of aromatic nitrogens is 1. The molecule has 1 aliphatic heterocycles. The van der Waals surface area contributed by atoms with Crippen LogP contribution < -0.4 is 16.0 Å². The van der Waals surface area contributed by atoms with Gasteiger partial charge in [0.15, 0.2) is 0 Å². The number of nitrogens with one attached hydrogen (secondary N) is 1. The third-order valence-electron chi connectivity index (χ3n) is 2.92. The summed E-state index contributed by atoms with van der Waals surface area (Å²) in [6.45, 7) is 3.41. The molecular weight excluding hydrogens is 252 g/mol. The highest BCUT2D eigenvalue weighted by Crippen LogP contribution is 2.17. The molecule has 6 heteroatoms. The molecule has 0 aromatic carbocycles. The summed E-state index contributed by atoms with van der Waals surface area (Å²) in [6.07, 6.45) is 2.72. The topological polar surface area (TPSA) is 71.2 Å². The van der Waals surface area contributed by atoms with Crippen LogP contribution in [0.15, 0.2) is 24.4 Å². The van der Waals surface area contributed by atoms with Gasteiger partial charge < -0.3 is 16.0 Å². The number of hydrogen-bond donors (Lipinski definition) is 2. The van der Waals surface area contributed by atoms with Crippen LogP contribution in [0.3, 0.4) is 0 Å². The average Bonchev–Trinajstić information content (AvgIpc) is 2.78. The van der Waals surface area contributed by atoms with Gasteiger partial charge in [-0.05, 0) is 25.5 Å². The monoisotopic (exact) mass is 270 g/mol. The number of anilines is 1. The molecule has 18 heavy (non-hydrogen) atoms. The van der Waals surface area contributed by atoms with Crippen LogP contribution in [0.25, 0.3) is 0 Å². The number of halogens is 1. The summed E-state index contributed by atoms with van der Waals surface area (Å²) in [4.78, 5) is 17.9. The largest absolute Gasteiger partial charge is 0.354 e. The molecule has 0 spiro atoms. The summed E-state index contributed by atoms with van der Waals surface area (Å²) in [6, 6.07) is 5.58. The summed E-state index contributed by atoms with van der Waals surface area (Å²) in [5.41, 5.74) is 5.52. The van der Waals surface area contributed by atoms with Gasteiger partial charge in [0.05, 0.1) is 6.04 Å². The van der Waals surface area contributed by atoms with Gasteiger partial charge in [-0.2, -0.15) is 0 Å². The van der Waals surface area contributed by atoms with E-state index in [1.807, 2.05) is 18.2 Å². The number of nitrogens with two attached hydrogens (primary N) is 1. The zero-order valence-corrected chi connectivity index (χ0v) is 11.2. The fourth-order valence-corrected chi connectivity index (χ4v) is 1.96. The molecule has 0 bridgehead atoms. The van der Waals surface area contributed by atoms with Crippen molar-refractivity contribution in [2.24, 2.45) is 5.73 Å². The van der Waals surface area contributed by atoms with Crippen molar-refractivity contribution in [1.82, 2.24) is 10.3 Å². The number of carbonyl (C=O) groups excluding carboxylic acids is 1. The Balaban J connectivity index is 0.00000162. The molecule has 1 aromatic heterocycles. The molecule has 1 aliphatic rings. The van der Waals surface area contributed by atoms with Crippen LogP contribution in [-0.4, -0.2) is 36.1 Å². The number of nitrogens with zero attached hydrogens (tertiary/aromatic N) is 2. The Labute approximate surface area is 113 Å². The van der Waals surface area contributed by atoms with E-state index in [2.05, 4.69) is 15.2 Å². The van der Waals surface area contributed by atoms with Crippen molar-refractivity contribution < 1.29 is 4.79 Å². The van der Waals surface area contributed by atoms with Crippen LogP contribution in [0.1, 0.15) is 13.3 Å². The van der Waals surface area contributed by atoms with Crippen molar-refractivity contribution >= 4 is 24.1 Å². The molecular formula is C12H19ClN4O. The summed E-state index contributed by atoms with van der Waals surface area (Å²) in [5, 5.41) is 2.94. The molecule has 0 radical (unpaired) electrons. The number of carbonyl (C=O) groups is 1. The first-order valence-electron chi connectivity index (χ1n) is 5.89. The molecule has 2 heterocycles. The molecule has 3 N–H and O–H groups in total. The van der Waals surface area contributed by atoms with Gasteiger partial charge in [-0.15, -0.1) is 12.4 Å². The van der Waals surface area contributed by atoms with E-state index in [4.69, 9.17) is 5.73 Å². The maximum Gasteiger partial charge on any atom is 0.236 e. The van der Waals surface area contributed by atoms with E-state index in [9.17, 15) is 4.79 Å². The molecule has 1 fully saturated rings. The normalized spacial score (nSPS) is 20.1. The maximum absolute atomic E-state index is 11.5. The minimum atomic E-state index is -0.445. The summed E-state index contributed by atoms with van der Waals surface area (Å²) >= 11 is 0. The van der Waals surface area contributed by atoms with E-state index in [-0.39, 0.29) is 24.4 Å². The minimum Gasteiger partial charge on any atom is -0.354 e. The van der Waals surface area contributed by atoms with Gasteiger partial charge in [0.1, 0.15) is 5.82 Å². The van der Waals surface area contributed by atoms with E-state index < -0.39 is 6.04 Å². The fraction of sp³-hybridized carbons (Fsp3) is 0.500. The lowest BCUT2D eigenvalue weighted by Crippen LogP contribution is -2.44. The highest BCUT2D eigenvalue weighted by Gasteiger charge is 2.25. The molecule has 5 nitrogen and oxygen atoms in total. The lowest BCUT2D eigenvalue weighted by atomic mass is 10.2. The standard InChI is InChI=1S/C12H18N4O.ClH/c1-9(13)12(17)15-10-5-7-16(8-10)11-4-2-3-6-14-11;/h2-4,6,9-10H,5,7-8,13H2,1H3,(H,15,17);1H. The van der Waals surface area contributed by atoms with Crippen LogP contribution in [0, 0.1) is 0 Å². The van der Waals surface area contributed by atoms with E-state index in [0.29, 0.717) is 0 Å². The molecule has 1 aromatic rings. The van der Waals surface area contributed by atoms with Gasteiger partial charge in [-0.3, -0.25) is 4.79 Å². The first kappa shape index (κ1) is 14.7. The van der Waals surface area contributed by atoms with Crippen molar-refractivity contribution in [2.75, 3.05) is 18.0 Å². The average molecular weight is 271 g/mol. The molecule has 2 rings (SSSR count). The maximum atomic E-state index is 11.5. The van der Waals surface area contributed by atoms with Crippen molar-refractivity contribution in [1.29, 1.82) is 0 Å². The van der Waals surface area contributed by atoms with Gasteiger partial charge in [0.2, 0.25) is 5.91 Å². The van der Waals surface area contributed by atoms with Crippen LogP contribution >= 0.6 is 12.4 Å². The van der Waals surface area contributed by atoms with Crippen LogP contribution in [0.5, 0.6) is 0 Å². The van der Waals surface area contributed by atoms with Crippen molar-refractivity contribution in [2.45, 2.75) is 25.4 Å². The molecule has 2 unspecified atom stereocenters. The minimum absolute atomic E-state index is 0. The van der Waals surface area contributed by atoms with E-state index >= 15 is 0 Å². The fourth-order valence-electron chi connectivity index (χ4n) is 1.96. The van der Waals surface area contributed by atoms with Gasteiger partial charge in [-0.1, -0.05) is 6.07 Å². The summed E-state index contributed by atoms with van der Waals surface area (Å²) in [5.74, 6) is 0.878. The number of amides is 1. The highest BCUT2D eigenvalue weighted by atomic mass is 35.5. The Morgan fingerprint density at radius 3 is 3.00 bits per heavy atom. The van der Waals surface area contributed by atoms with Crippen molar-refractivity contribution in [3.63, 3.8) is 0 Å². The molecule has 0 aliphatic carbocycles. The summed E-state index contributed by atoms with van der Waals surface area (Å²) < 4.78 is 0. The predicted octanol–water partition coefficient (Wildman–Crippen LogP) is 0.546. The first-order chi connectivity index (χ1) is 8.16. The first-order valence-corrected chi connectivity index (χ1v) is 5.89. The van der Waals surface area contributed by atoms with Gasteiger partial charge in [-0.25, -0.2) is 4.98 Å². The summed E-state index contributed by atoms with van der Waals surface area (Å²) in [7, 11) is 0. The Morgan fingerprint density at radius 1 is 1.61 bits per heavy atom. The zero-order chi connectivity index (χ0) is 12.3.